The summed E-state index contributed by atoms with van der Waals surface area (Å²) in [7, 11) is 1.99. The van der Waals surface area contributed by atoms with Crippen molar-refractivity contribution in [3.05, 3.63) is 34.9 Å². The number of fused-ring (bicyclic) bond motifs is 1. The molecular formula is C10H14N2. The molecule has 0 amide bonds. The molecule has 0 aromatic heterocycles. The summed E-state index contributed by atoms with van der Waals surface area (Å²) in [6.07, 6.45) is 0. The number of nitrogens with one attached hydrogen (secondary N) is 2. The van der Waals surface area contributed by atoms with E-state index in [1.165, 1.54) is 16.7 Å². The van der Waals surface area contributed by atoms with Crippen LogP contribution in [0.5, 0.6) is 0 Å². The number of hydrogen-bond donors (Lipinski definition) is 2. The summed E-state index contributed by atoms with van der Waals surface area (Å²) in [6, 6.07) is 6.54. The first-order chi connectivity index (χ1) is 5.92. The number of hydrogen-bond acceptors (Lipinski definition) is 2. The van der Waals surface area contributed by atoms with E-state index in [-0.39, 0.29) is 0 Å². The Bertz CT molecular complexity index is 281. The Hall–Kier alpha value is -0.860. The average Bonchev–Trinajstić information content (AvgIpc) is 2.53. The second-order valence-electron chi connectivity index (χ2n) is 3.19. The van der Waals surface area contributed by atoms with Crippen molar-refractivity contribution in [2.24, 2.45) is 0 Å². The van der Waals surface area contributed by atoms with Crippen molar-refractivity contribution in [2.45, 2.75) is 19.6 Å². The highest BCUT2D eigenvalue weighted by Gasteiger charge is 2.12. The molecule has 0 saturated heterocycles. The maximum absolute atomic E-state index is 3.36. The molecule has 0 unspecified atom stereocenters. The zero-order valence-corrected chi connectivity index (χ0v) is 7.35. The molecule has 2 N–H and O–H groups in total. The molecule has 1 aromatic carbocycles. The largest absolute Gasteiger partial charge is 0.316 e. The Morgan fingerprint density at radius 3 is 3.17 bits per heavy atom. The molecule has 2 rings (SSSR count). The predicted molar refractivity (Wildman–Crippen MR) is 49.7 cm³/mol. The first-order valence-corrected chi connectivity index (χ1v) is 4.37. The summed E-state index contributed by atoms with van der Waals surface area (Å²) in [5.74, 6) is 0. The van der Waals surface area contributed by atoms with Gasteiger partial charge in [-0.25, -0.2) is 0 Å². The minimum absolute atomic E-state index is 0.977. The van der Waals surface area contributed by atoms with Gasteiger partial charge in [0, 0.05) is 19.6 Å². The monoisotopic (exact) mass is 162 g/mol. The quantitative estimate of drug-likeness (QED) is 0.678. The molecule has 1 aliphatic rings. The standard InChI is InChI=1S/C10H14N2/c1-11-5-8-3-2-4-9-6-12-7-10(8)9/h2-4,11-12H,5-7H2,1H3. The molecule has 0 bridgehead atoms. The molecule has 1 aromatic rings. The van der Waals surface area contributed by atoms with Gasteiger partial charge in [-0.1, -0.05) is 18.2 Å². The van der Waals surface area contributed by atoms with Crippen LogP contribution in [-0.4, -0.2) is 7.05 Å². The maximum atomic E-state index is 3.36. The minimum atomic E-state index is 0.977. The zero-order chi connectivity index (χ0) is 8.39. The number of rotatable bonds is 2. The first-order valence-electron chi connectivity index (χ1n) is 4.37. The fourth-order valence-corrected chi connectivity index (χ4v) is 1.76. The lowest BCUT2D eigenvalue weighted by atomic mass is 10.0. The Balaban J connectivity index is 2.36. The zero-order valence-electron chi connectivity index (χ0n) is 7.35. The molecular weight excluding hydrogens is 148 g/mol. The highest BCUT2D eigenvalue weighted by Crippen LogP contribution is 2.19. The Morgan fingerprint density at radius 1 is 1.42 bits per heavy atom. The normalized spacial score (nSPS) is 14.8. The van der Waals surface area contributed by atoms with Crippen LogP contribution in [0.1, 0.15) is 16.7 Å². The van der Waals surface area contributed by atoms with Gasteiger partial charge >= 0.3 is 0 Å². The van der Waals surface area contributed by atoms with Crippen molar-refractivity contribution in [3.63, 3.8) is 0 Å². The highest BCUT2D eigenvalue weighted by molar-refractivity contribution is 5.37. The molecule has 2 nitrogen and oxygen atoms in total. The van der Waals surface area contributed by atoms with Gasteiger partial charge < -0.3 is 10.6 Å². The van der Waals surface area contributed by atoms with Gasteiger partial charge in [0.2, 0.25) is 0 Å². The third-order valence-electron chi connectivity index (χ3n) is 2.35. The van der Waals surface area contributed by atoms with Crippen LogP contribution in [0.2, 0.25) is 0 Å². The van der Waals surface area contributed by atoms with E-state index in [2.05, 4.69) is 28.8 Å². The predicted octanol–water partition coefficient (Wildman–Crippen LogP) is 1.01. The van der Waals surface area contributed by atoms with Crippen LogP contribution in [0.3, 0.4) is 0 Å². The van der Waals surface area contributed by atoms with E-state index in [0.29, 0.717) is 0 Å². The lowest BCUT2D eigenvalue weighted by Gasteiger charge is -2.05. The number of benzene rings is 1. The van der Waals surface area contributed by atoms with E-state index in [1.807, 2.05) is 7.05 Å². The van der Waals surface area contributed by atoms with Gasteiger partial charge in [0.1, 0.15) is 0 Å². The van der Waals surface area contributed by atoms with E-state index in [1.54, 1.807) is 0 Å². The fourth-order valence-electron chi connectivity index (χ4n) is 1.76. The molecule has 12 heavy (non-hydrogen) atoms. The molecule has 1 heterocycles. The van der Waals surface area contributed by atoms with Crippen LogP contribution >= 0.6 is 0 Å². The summed E-state index contributed by atoms with van der Waals surface area (Å²) in [4.78, 5) is 0. The summed E-state index contributed by atoms with van der Waals surface area (Å²) in [5.41, 5.74) is 4.38. The summed E-state index contributed by atoms with van der Waals surface area (Å²) in [5, 5.41) is 6.54. The summed E-state index contributed by atoms with van der Waals surface area (Å²) < 4.78 is 0. The summed E-state index contributed by atoms with van der Waals surface area (Å²) >= 11 is 0. The van der Waals surface area contributed by atoms with E-state index < -0.39 is 0 Å². The third kappa shape index (κ3) is 1.24. The summed E-state index contributed by atoms with van der Waals surface area (Å²) in [6.45, 7) is 3.05. The molecule has 0 atom stereocenters. The Labute approximate surface area is 73.0 Å². The van der Waals surface area contributed by atoms with Gasteiger partial charge in [0.05, 0.1) is 0 Å². The van der Waals surface area contributed by atoms with Gasteiger partial charge in [0.15, 0.2) is 0 Å². The van der Waals surface area contributed by atoms with Gasteiger partial charge in [-0.3, -0.25) is 0 Å². The van der Waals surface area contributed by atoms with Gasteiger partial charge in [-0.2, -0.15) is 0 Å². The van der Waals surface area contributed by atoms with E-state index in [9.17, 15) is 0 Å². The van der Waals surface area contributed by atoms with E-state index in [4.69, 9.17) is 0 Å². The lowest BCUT2D eigenvalue weighted by molar-refractivity contribution is 0.753. The van der Waals surface area contributed by atoms with Crippen molar-refractivity contribution >= 4 is 0 Å². The van der Waals surface area contributed by atoms with Crippen LogP contribution in [0, 0.1) is 0 Å². The fraction of sp³-hybridized carbons (Fsp3) is 0.400. The van der Waals surface area contributed by atoms with Crippen LogP contribution in [0.15, 0.2) is 18.2 Å². The van der Waals surface area contributed by atoms with Crippen LogP contribution in [0.25, 0.3) is 0 Å². The second-order valence-corrected chi connectivity index (χ2v) is 3.19. The molecule has 0 radical (unpaired) electrons. The Morgan fingerprint density at radius 2 is 2.33 bits per heavy atom. The highest BCUT2D eigenvalue weighted by atomic mass is 14.9. The van der Waals surface area contributed by atoms with Crippen molar-refractivity contribution < 1.29 is 0 Å². The average molecular weight is 162 g/mol. The van der Waals surface area contributed by atoms with Gasteiger partial charge in [-0.15, -0.1) is 0 Å². The van der Waals surface area contributed by atoms with E-state index in [0.717, 1.165) is 19.6 Å². The topological polar surface area (TPSA) is 24.1 Å². The Kier molecular flexibility index (Phi) is 2.11. The minimum Gasteiger partial charge on any atom is -0.316 e. The molecule has 0 saturated carbocycles. The molecule has 2 heteroatoms. The molecule has 0 aliphatic carbocycles. The second kappa shape index (κ2) is 3.25. The molecule has 0 fully saturated rings. The molecule has 64 valence electrons. The smallest absolute Gasteiger partial charge is 0.0215 e. The van der Waals surface area contributed by atoms with Crippen molar-refractivity contribution in [1.82, 2.24) is 10.6 Å². The van der Waals surface area contributed by atoms with Crippen LogP contribution in [-0.2, 0) is 19.6 Å². The van der Waals surface area contributed by atoms with Crippen molar-refractivity contribution in [1.29, 1.82) is 0 Å². The lowest BCUT2D eigenvalue weighted by Crippen LogP contribution is -2.08. The first kappa shape index (κ1) is 7.77. The molecule has 0 spiro atoms. The van der Waals surface area contributed by atoms with Gasteiger partial charge in [-0.05, 0) is 23.7 Å². The van der Waals surface area contributed by atoms with Crippen molar-refractivity contribution in [3.8, 4) is 0 Å². The van der Waals surface area contributed by atoms with Crippen LogP contribution < -0.4 is 10.6 Å². The van der Waals surface area contributed by atoms with Gasteiger partial charge in [0.25, 0.3) is 0 Å². The third-order valence-corrected chi connectivity index (χ3v) is 2.35. The van der Waals surface area contributed by atoms with E-state index >= 15 is 0 Å². The molecule has 1 aliphatic heterocycles. The SMILES string of the molecule is CNCc1cccc2c1CNC2. The van der Waals surface area contributed by atoms with Crippen molar-refractivity contribution in [2.75, 3.05) is 7.05 Å². The van der Waals surface area contributed by atoms with Crippen LogP contribution in [0.4, 0.5) is 0 Å². The maximum Gasteiger partial charge on any atom is 0.0215 e.